The summed E-state index contributed by atoms with van der Waals surface area (Å²) in [4.78, 5) is 4.11. The molecule has 2 rings (SSSR count). The Hall–Kier alpha value is -1.15. The van der Waals surface area contributed by atoms with E-state index >= 15 is 0 Å². The molecule has 1 heterocycles. The van der Waals surface area contributed by atoms with Crippen LogP contribution in [0.1, 0.15) is 16.8 Å². The maximum atomic E-state index is 12.4. The molecule has 2 aromatic rings. The van der Waals surface area contributed by atoms with Crippen LogP contribution in [0.2, 0.25) is 5.02 Å². The van der Waals surface area contributed by atoms with Crippen molar-refractivity contribution in [3.63, 3.8) is 0 Å². The fourth-order valence-electron chi connectivity index (χ4n) is 1.72. The number of aliphatic hydroxyl groups is 1. The Morgan fingerprint density at radius 3 is 2.65 bits per heavy atom. The highest BCUT2D eigenvalue weighted by atomic mass is 35.5. The van der Waals surface area contributed by atoms with Gasteiger partial charge in [-0.3, -0.25) is 4.72 Å². The van der Waals surface area contributed by atoms with Gasteiger partial charge >= 0.3 is 0 Å². The van der Waals surface area contributed by atoms with Gasteiger partial charge in [-0.2, -0.15) is 0 Å². The fraction of sp³-hybridized carbons (Fsp3) is 0.250. The van der Waals surface area contributed by atoms with Crippen molar-refractivity contribution in [2.24, 2.45) is 0 Å². The first-order valence-electron chi connectivity index (χ1n) is 5.68. The second-order valence-corrected chi connectivity index (χ2v) is 7.19. The van der Waals surface area contributed by atoms with E-state index in [9.17, 15) is 13.5 Å². The molecule has 0 spiro atoms. The summed E-state index contributed by atoms with van der Waals surface area (Å²) in [6.45, 7) is 3.14. The number of hydrogen-bond donors (Lipinski definition) is 2. The number of benzene rings is 1. The van der Waals surface area contributed by atoms with E-state index in [0.29, 0.717) is 16.3 Å². The maximum absolute atomic E-state index is 12.4. The second kappa shape index (κ2) is 5.69. The SMILES string of the molecule is Cc1csc(NS(=O)(=O)c2cc(Cl)cc(CO)c2C)n1. The molecule has 0 aliphatic heterocycles. The third kappa shape index (κ3) is 3.12. The lowest BCUT2D eigenvalue weighted by atomic mass is 10.1. The van der Waals surface area contributed by atoms with Crippen molar-refractivity contribution in [3.05, 3.63) is 39.4 Å². The van der Waals surface area contributed by atoms with Crippen LogP contribution >= 0.6 is 22.9 Å². The topological polar surface area (TPSA) is 79.3 Å². The van der Waals surface area contributed by atoms with Gasteiger partial charge < -0.3 is 5.11 Å². The van der Waals surface area contributed by atoms with Crippen molar-refractivity contribution in [2.75, 3.05) is 4.72 Å². The van der Waals surface area contributed by atoms with Gasteiger partial charge in [0.25, 0.3) is 10.0 Å². The van der Waals surface area contributed by atoms with E-state index in [2.05, 4.69) is 9.71 Å². The minimum absolute atomic E-state index is 0.0434. The number of rotatable bonds is 4. The molecular weight excluding hydrogens is 320 g/mol. The van der Waals surface area contributed by atoms with Gasteiger partial charge in [-0.25, -0.2) is 13.4 Å². The second-order valence-electron chi connectivity index (χ2n) is 4.25. The molecule has 0 amide bonds. The Labute approximate surface area is 126 Å². The number of nitrogens with zero attached hydrogens (tertiary/aromatic N) is 1. The quantitative estimate of drug-likeness (QED) is 0.902. The normalized spacial score (nSPS) is 11.6. The Bertz CT molecular complexity index is 741. The molecule has 108 valence electrons. The number of nitrogens with one attached hydrogen (secondary N) is 1. The van der Waals surface area contributed by atoms with Crippen molar-refractivity contribution in [1.29, 1.82) is 0 Å². The van der Waals surface area contributed by atoms with E-state index in [-0.39, 0.29) is 16.5 Å². The van der Waals surface area contributed by atoms with Crippen LogP contribution in [0.3, 0.4) is 0 Å². The smallest absolute Gasteiger partial charge is 0.263 e. The van der Waals surface area contributed by atoms with E-state index < -0.39 is 10.0 Å². The minimum atomic E-state index is -3.78. The van der Waals surface area contributed by atoms with Crippen LogP contribution in [0.5, 0.6) is 0 Å². The number of aryl methyl sites for hydroxylation is 1. The number of sulfonamides is 1. The average Bonchev–Trinajstić information content (AvgIpc) is 2.76. The summed E-state index contributed by atoms with van der Waals surface area (Å²) in [5.74, 6) is 0. The summed E-state index contributed by atoms with van der Waals surface area (Å²) in [6, 6.07) is 2.91. The summed E-state index contributed by atoms with van der Waals surface area (Å²) < 4.78 is 27.1. The zero-order valence-electron chi connectivity index (χ0n) is 10.8. The number of anilines is 1. The van der Waals surface area contributed by atoms with Gasteiger partial charge in [0.2, 0.25) is 0 Å². The summed E-state index contributed by atoms with van der Waals surface area (Å²) in [5.41, 5.74) is 1.69. The Morgan fingerprint density at radius 2 is 2.10 bits per heavy atom. The molecule has 20 heavy (non-hydrogen) atoms. The van der Waals surface area contributed by atoms with E-state index in [1.54, 1.807) is 25.3 Å². The predicted octanol–water partition coefficient (Wildman–Crippen LogP) is 2.71. The maximum Gasteiger partial charge on any atom is 0.263 e. The van der Waals surface area contributed by atoms with E-state index in [0.717, 1.165) is 5.69 Å². The predicted molar refractivity (Wildman–Crippen MR) is 79.8 cm³/mol. The molecule has 8 heteroatoms. The standard InChI is InChI=1S/C12H13ClN2O3S2/c1-7-6-19-12(14-7)15-20(17,18)11-4-10(13)3-9(5-16)8(11)2/h3-4,6,16H,5H2,1-2H3,(H,14,15). The summed E-state index contributed by atoms with van der Waals surface area (Å²) in [5, 5.41) is 11.6. The number of halogens is 1. The molecule has 0 aliphatic rings. The van der Waals surface area contributed by atoms with Crippen molar-refractivity contribution < 1.29 is 13.5 Å². The molecule has 0 saturated heterocycles. The molecule has 5 nitrogen and oxygen atoms in total. The van der Waals surface area contributed by atoms with Crippen molar-refractivity contribution in [2.45, 2.75) is 25.3 Å². The van der Waals surface area contributed by atoms with Gasteiger partial charge in [0, 0.05) is 10.4 Å². The number of hydrogen-bond acceptors (Lipinski definition) is 5. The van der Waals surface area contributed by atoms with Gasteiger partial charge in [-0.05, 0) is 37.1 Å². The third-order valence-corrected chi connectivity index (χ3v) is 5.42. The Morgan fingerprint density at radius 1 is 1.40 bits per heavy atom. The molecule has 1 aromatic heterocycles. The Balaban J connectivity index is 2.46. The monoisotopic (exact) mass is 332 g/mol. The molecule has 0 fully saturated rings. The highest BCUT2D eigenvalue weighted by Gasteiger charge is 2.21. The molecule has 0 atom stereocenters. The van der Waals surface area contributed by atoms with E-state index in [4.69, 9.17) is 11.6 Å². The minimum Gasteiger partial charge on any atom is -0.392 e. The lowest BCUT2D eigenvalue weighted by molar-refractivity contribution is 0.280. The van der Waals surface area contributed by atoms with Crippen molar-refractivity contribution in [1.82, 2.24) is 4.98 Å². The summed E-state index contributed by atoms with van der Waals surface area (Å²) >= 11 is 7.10. The molecule has 0 saturated carbocycles. The molecule has 0 bridgehead atoms. The summed E-state index contributed by atoms with van der Waals surface area (Å²) in [6.07, 6.45) is 0. The molecule has 0 radical (unpaired) electrons. The number of aromatic nitrogens is 1. The van der Waals surface area contributed by atoms with Crippen LogP contribution in [-0.2, 0) is 16.6 Å². The first-order chi connectivity index (χ1) is 9.33. The average molecular weight is 333 g/mol. The van der Waals surface area contributed by atoms with Crippen LogP contribution in [0.4, 0.5) is 5.13 Å². The summed E-state index contributed by atoms with van der Waals surface area (Å²) in [7, 11) is -3.78. The van der Waals surface area contributed by atoms with E-state index in [1.165, 1.54) is 17.4 Å². The molecule has 2 N–H and O–H groups in total. The van der Waals surface area contributed by atoms with Crippen LogP contribution in [0, 0.1) is 13.8 Å². The first-order valence-corrected chi connectivity index (χ1v) is 8.42. The Kier molecular flexibility index (Phi) is 4.33. The van der Waals surface area contributed by atoms with Gasteiger partial charge in [0.05, 0.1) is 17.2 Å². The van der Waals surface area contributed by atoms with Gasteiger partial charge in [0.1, 0.15) is 0 Å². The first kappa shape index (κ1) is 15.2. The highest BCUT2D eigenvalue weighted by Crippen LogP contribution is 2.27. The van der Waals surface area contributed by atoms with Crippen LogP contribution in [0.15, 0.2) is 22.4 Å². The van der Waals surface area contributed by atoms with Crippen LogP contribution in [-0.4, -0.2) is 18.5 Å². The van der Waals surface area contributed by atoms with E-state index in [1.807, 2.05) is 0 Å². The third-order valence-electron chi connectivity index (χ3n) is 2.73. The lowest BCUT2D eigenvalue weighted by Gasteiger charge is -2.12. The molecular formula is C12H13ClN2O3S2. The number of aliphatic hydroxyl groups excluding tert-OH is 1. The van der Waals surface area contributed by atoms with Crippen LogP contribution < -0.4 is 4.72 Å². The van der Waals surface area contributed by atoms with Gasteiger partial charge in [-0.15, -0.1) is 11.3 Å². The largest absolute Gasteiger partial charge is 0.392 e. The zero-order chi connectivity index (χ0) is 14.9. The zero-order valence-corrected chi connectivity index (χ0v) is 13.2. The highest BCUT2D eigenvalue weighted by molar-refractivity contribution is 7.93. The number of thiazole rings is 1. The van der Waals surface area contributed by atoms with Crippen molar-refractivity contribution >= 4 is 38.1 Å². The van der Waals surface area contributed by atoms with Gasteiger partial charge in [-0.1, -0.05) is 11.6 Å². The van der Waals surface area contributed by atoms with Crippen LogP contribution in [0.25, 0.3) is 0 Å². The molecule has 1 aromatic carbocycles. The van der Waals surface area contributed by atoms with Crippen molar-refractivity contribution in [3.8, 4) is 0 Å². The fourth-order valence-corrected chi connectivity index (χ4v) is 4.28. The molecule has 0 aliphatic carbocycles. The molecule has 0 unspecified atom stereocenters. The lowest BCUT2D eigenvalue weighted by Crippen LogP contribution is -2.15. The van der Waals surface area contributed by atoms with Gasteiger partial charge in [0.15, 0.2) is 5.13 Å².